The highest BCUT2D eigenvalue weighted by Gasteiger charge is 2.22. The summed E-state index contributed by atoms with van der Waals surface area (Å²) >= 11 is 1.85. The van der Waals surface area contributed by atoms with Crippen molar-refractivity contribution in [1.29, 1.82) is 0 Å². The Bertz CT molecular complexity index is 721. The SMILES string of the molecule is Cc1ccc2nc3c(n2c1)CCc1sccc1-3. The van der Waals surface area contributed by atoms with Crippen molar-refractivity contribution in [2.45, 2.75) is 19.8 Å². The lowest BCUT2D eigenvalue weighted by Crippen LogP contribution is -2.02. The van der Waals surface area contributed by atoms with Gasteiger partial charge in [0.2, 0.25) is 0 Å². The van der Waals surface area contributed by atoms with Crippen LogP contribution in [0.25, 0.3) is 16.9 Å². The normalized spacial score (nSPS) is 13.7. The standard InChI is InChI=1S/C14H12N2S/c1-9-2-5-13-15-14-10-6-7-17-12(10)4-3-11(14)16(13)8-9/h2,5-8H,3-4H2,1H3. The lowest BCUT2D eigenvalue weighted by atomic mass is 10.0. The molecule has 84 valence electrons. The Morgan fingerprint density at radius 2 is 2.18 bits per heavy atom. The van der Waals surface area contributed by atoms with Gasteiger partial charge in [0.15, 0.2) is 0 Å². The molecule has 4 rings (SSSR count). The average Bonchev–Trinajstić information content (AvgIpc) is 2.91. The maximum absolute atomic E-state index is 4.78. The molecule has 3 aromatic heterocycles. The van der Waals surface area contributed by atoms with Gasteiger partial charge >= 0.3 is 0 Å². The topological polar surface area (TPSA) is 17.3 Å². The Labute approximate surface area is 104 Å². The van der Waals surface area contributed by atoms with Gasteiger partial charge in [0.1, 0.15) is 5.65 Å². The summed E-state index contributed by atoms with van der Waals surface area (Å²) in [5, 5.41) is 2.18. The Morgan fingerprint density at radius 1 is 1.24 bits per heavy atom. The van der Waals surface area contributed by atoms with Gasteiger partial charge < -0.3 is 4.40 Å². The van der Waals surface area contributed by atoms with Crippen LogP contribution in [0.1, 0.15) is 16.1 Å². The molecule has 0 atom stereocenters. The minimum atomic E-state index is 1.07. The molecule has 3 aromatic rings. The molecule has 0 bridgehead atoms. The number of nitrogens with zero attached hydrogens (tertiary/aromatic N) is 2. The Balaban J connectivity index is 2.10. The van der Waals surface area contributed by atoms with Gasteiger partial charge in [0.25, 0.3) is 0 Å². The third-order valence-corrected chi connectivity index (χ3v) is 4.44. The van der Waals surface area contributed by atoms with E-state index in [0.717, 1.165) is 18.5 Å². The van der Waals surface area contributed by atoms with Gasteiger partial charge in [-0.05, 0) is 42.8 Å². The third kappa shape index (κ3) is 1.23. The first-order chi connectivity index (χ1) is 8.33. The van der Waals surface area contributed by atoms with Crippen LogP contribution in [-0.2, 0) is 12.8 Å². The van der Waals surface area contributed by atoms with Gasteiger partial charge in [-0.15, -0.1) is 11.3 Å². The fourth-order valence-corrected chi connectivity index (χ4v) is 3.51. The number of pyridine rings is 1. The van der Waals surface area contributed by atoms with E-state index in [2.05, 4.69) is 41.1 Å². The van der Waals surface area contributed by atoms with Crippen molar-refractivity contribution >= 4 is 17.0 Å². The van der Waals surface area contributed by atoms with Crippen LogP contribution in [0.15, 0.2) is 29.8 Å². The molecular formula is C14H12N2S. The summed E-state index contributed by atoms with van der Waals surface area (Å²) in [5.41, 5.74) is 6.26. The molecule has 0 saturated heterocycles. The predicted molar refractivity (Wildman–Crippen MR) is 70.7 cm³/mol. The van der Waals surface area contributed by atoms with Crippen LogP contribution in [0.3, 0.4) is 0 Å². The molecule has 0 aromatic carbocycles. The maximum atomic E-state index is 4.78. The van der Waals surface area contributed by atoms with Gasteiger partial charge in [0, 0.05) is 16.6 Å². The van der Waals surface area contributed by atoms with Crippen molar-refractivity contribution in [2.24, 2.45) is 0 Å². The smallest absolute Gasteiger partial charge is 0.137 e. The molecule has 2 nitrogen and oxygen atoms in total. The fraction of sp³-hybridized carbons (Fsp3) is 0.214. The van der Waals surface area contributed by atoms with E-state index in [1.165, 1.54) is 27.4 Å². The van der Waals surface area contributed by atoms with Crippen molar-refractivity contribution in [3.05, 3.63) is 45.9 Å². The highest BCUT2D eigenvalue weighted by atomic mass is 32.1. The van der Waals surface area contributed by atoms with Crippen LogP contribution in [0, 0.1) is 6.92 Å². The van der Waals surface area contributed by atoms with Crippen LogP contribution in [-0.4, -0.2) is 9.38 Å². The monoisotopic (exact) mass is 240 g/mol. The van der Waals surface area contributed by atoms with E-state index >= 15 is 0 Å². The van der Waals surface area contributed by atoms with E-state index in [-0.39, 0.29) is 0 Å². The van der Waals surface area contributed by atoms with Crippen molar-refractivity contribution in [1.82, 2.24) is 9.38 Å². The number of hydrogen-bond donors (Lipinski definition) is 0. The molecule has 1 aliphatic rings. The number of fused-ring (bicyclic) bond motifs is 5. The molecule has 0 fully saturated rings. The summed E-state index contributed by atoms with van der Waals surface area (Å²) in [4.78, 5) is 6.26. The van der Waals surface area contributed by atoms with E-state index < -0.39 is 0 Å². The summed E-state index contributed by atoms with van der Waals surface area (Å²) < 4.78 is 2.26. The minimum Gasteiger partial charge on any atom is -0.303 e. The zero-order valence-corrected chi connectivity index (χ0v) is 10.4. The number of rotatable bonds is 0. The molecule has 0 unspecified atom stereocenters. The second-order valence-electron chi connectivity index (χ2n) is 4.60. The lowest BCUT2D eigenvalue weighted by molar-refractivity contribution is 0.893. The van der Waals surface area contributed by atoms with Crippen LogP contribution in [0.5, 0.6) is 0 Å². The van der Waals surface area contributed by atoms with Crippen molar-refractivity contribution in [3.63, 3.8) is 0 Å². The predicted octanol–water partition coefficient (Wildman–Crippen LogP) is 3.47. The molecule has 0 aliphatic heterocycles. The van der Waals surface area contributed by atoms with Crippen molar-refractivity contribution in [3.8, 4) is 11.3 Å². The molecule has 3 heterocycles. The Hall–Kier alpha value is -1.61. The summed E-state index contributed by atoms with van der Waals surface area (Å²) in [6.07, 6.45) is 4.45. The molecule has 0 saturated carbocycles. The number of imidazole rings is 1. The molecule has 1 aliphatic carbocycles. The minimum absolute atomic E-state index is 1.07. The lowest BCUT2D eigenvalue weighted by Gasteiger charge is -2.11. The second kappa shape index (κ2) is 3.20. The van der Waals surface area contributed by atoms with Crippen LogP contribution in [0.4, 0.5) is 0 Å². The zero-order chi connectivity index (χ0) is 11.4. The first-order valence-corrected chi connectivity index (χ1v) is 6.75. The van der Waals surface area contributed by atoms with Crippen LogP contribution >= 0.6 is 11.3 Å². The fourth-order valence-electron chi connectivity index (χ4n) is 2.63. The molecule has 3 heteroatoms. The molecule has 0 radical (unpaired) electrons. The summed E-state index contributed by atoms with van der Waals surface area (Å²) in [5.74, 6) is 0. The average molecular weight is 240 g/mol. The van der Waals surface area contributed by atoms with Crippen LogP contribution in [0.2, 0.25) is 0 Å². The summed E-state index contributed by atoms with van der Waals surface area (Å²) in [6.45, 7) is 2.13. The number of aromatic nitrogens is 2. The highest BCUT2D eigenvalue weighted by Crippen LogP contribution is 2.36. The van der Waals surface area contributed by atoms with E-state index in [9.17, 15) is 0 Å². The van der Waals surface area contributed by atoms with E-state index in [0.29, 0.717) is 0 Å². The van der Waals surface area contributed by atoms with E-state index in [1.807, 2.05) is 11.3 Å². The van der Waals surface area contributed by atoms with Gasteiger partial charge in [0.05, 0.1) is 11.4 Å². The number of aryl methyl sites for hydroxylation is 3. The largest absolute Gasteiger partial charge is 0.303 e. The summed E-state index contributed by atoms with van der Waals surface area (Å²) in [7, 11) is 0. The first-order valence-electron chi connectivity index (χ1n) is 5.87. The number of hydrogen-bond acceptors (Lipinski definition) is 2. The molecule has 17 heavy (non-hydrogen) atoms. The molecule has 0 spiro atoms. The van der Waals surface area contributed by atoms with Gasteiger partial charge in [-0.2, -0.15) is 0 Å². The van der Waals surface area contributed by atoms with Crippen LogP contribution < -0.4 is 0 Å². The van der Waals surface area contributed by atoms with Gasteiger partial charge in [-0.1, -0.05) is 6.07 Å². The summed E-state index contributed by atoms with van der Waals surface area (Å²) in [6, 6.07) is 6.44. The Morgan fingerprint density at radius 3 is 3.12 bits per heavy atom. The Kier molecular flexibility index (Phi) is 1.77. The zero-order valence-electron chi connectivity index (χ0n) is 9.60. The highest BCUT2D eigenvalue weighted by molar-refractivity contribution is 7.10. The van der Waals surface area contributed by atoms with E-state index in [4.69, 9.17) is 4.98 Å². The van der Waals surface area contributed by atoms with Crippen molar-refractivity contribution < 1.29 is 0 Å². The molecule has 0 amide bonds. The quantitative estimate of drug-likeness (QED) is 0.588. The number of thiophene rings is 1. The molecular weight excluding hydrogens is 228 g/mol. The molecule has 0 N–H and O–H groups in total. The third-order valence-electron chi connectivity index (χ3n) is 3.45. The first kappa shape index (κ1) is 9.42. The maximum Gasteiger partial charge on any atom is 0.137 e. The van der Waals surface area contributed by atoms with E-state index in [1.54, 1.807) is 0 Å². The van der Waals surface area contributed by atoms with Gasteiger partial charge in [-0.25, -0.2) is 4.98 Å². The van der Waals surface area contributed by atoms with Gasteiger partial charge in [-0.3, -0.25) is 0 Å². The second-order valence-corrected chi connectivity index (χ2v) is 5.60. The van der Waals surface area contributed by atoms with Crippen molar-refractivity contribution in [2.75, 3.05) is 0 Å².